The molecular formula is C6H7NO2. The lowest BCUT2D eigenvalue weighted by Gasteiger charge is -2.04. The molecule has 0 spiro atoms. The van der Waals surface area contributed by atoms with Gasteiger partial charge >= 0.3 is 0 Å². The molecule has 9 heavy (non-hydrogen) atoms. The van der Waals surface area contributed by atoms with Gasteiger partial charge in [-0.05, 0) is 6.42 Å². The van der Waals surface area contributed by atoms with Crippen LogP contribution in [0.4, 0.5) is 0 Å². The number of ether oxygens (including phenoxy) is 1. The summed E-state index contributed by atoms with van der Waals surface area (Å²) < 4.78 is 5.23. The summed E-state index contributed by atoms with van der Waals surface area (Å²) in [6.07, 6.45) is 1.73. The summed E-state index contributed by atoms with van der Waals surface area (Å²) >= 11 is 0. The molecule has 1 N–H and O–H groups in total. The molecule has 1 saturated carbocycles. The number of rotatable bonds is 0. The highest BCUT2D eigenvalue weighted by Gasteiger charge is 2.63. The lowest BCUT2D eigenvalue weighted by Crippen LogP contribution is -2.35. The number of carbonyl (C=O) groups is 1. The summed E-state index contributed by atoms with van der Waals surface area (Å²) in [6, 6.07) is 0.368. The standard InChI is InChI=1S/C6H7NO2/c8-6-2-1-3(7-6)5-4(2)9-5/h2-5H,1H2,(H,7,8)/t2-,3+,4-,5+/m0/s1. The van der Waals surface area contributed by atoms with Gasteiger partial charge in [-0.15, -0.1) is 0 Å². The van der Waals surface area contributed by atoms with E-state index < -0.39 is 0 Å². The number of fused-ring (bicyclic) bond motifs is 5. The van der Waals surface area contributed by atoms with Gasteiger partial charge in [-0.2, -0.15) is 0 Å². The molecule has 2 saturated heterocycles. The fraction of sp³-hybridized carbons (Fsp3) is 0.833. The minimum atomic E-state index is 0.207. The lowest BCUT2D eigenvalue weighted by molar-refractivity contribution is -0.123. The quantitative estimate of drug-likeness (QED) is 0.434. The van der Waals surface area contributed by atoms with Crippen LogP contribution in [0.1, 0.15) is 6.42 Å². The number of hydrogen-bond acceptors (Lipinski definition) is 2. The second kappa shape index (κ2) is 1.01. The van der Waals surface area contributed by atoms with Crippen LogP contribution in [0.2, 0.25) is 0 Å². The molecule has 3 heteroatoms. The van der Waals surface area contributed by atoms with Crippen LogP contribution < -0.4 is 5.32 Å². The molecule has 3 aliphatic rings. The Balaban J connectivity index is 2.04. The highest BCUT2D eigenvalue weighted by Crippen LogP contribution is 2.46. The Labute approximate surface area is 52.4 Å². The van der Waals surface area contributed by atoms with Gasteiger partial charge in [-0.1, -0.05) is 0 Å². The van der Waals surface area contributed by atoms with Crippen molar-refractivity contribution < 1.29 is 9.53 Å². The first-order valence-corrected chi connectivity index (χ1v) is 3.32. The summed E-state index contributed by atoms with van der Waals surface area (Å²) in [5.74, 6) is 0.416. The van der Waals surface area contributed by atoms with Crippen LogP contribution in [-0.2, 0) is 9.53 Å². The molecule has 48 valence electrons. The number of amides is 1. The van der Waals surface area contributed by atoms with Crippen molar-refractivity contribution in [3.05, 3.63) is 0 Å². The molecule has 0 unspecified atom stereocenters. The molecule has 0 aromatic rings. The molecule has 4 atom stereocenters. The van der Waals surface area contributed by atoms with E-state index in [0.717, 1.165) is 6.42 Å². The van der Waals surface area contributed by atoms with Crippen LogP contribution in [0.3, 0.4) is 0 Å². The van der Waals surface area contributed by atoms with Crippen LogP contribution >= 0.6 is 0 Å². The first kappa shape index (κ1) is 4.28. The molecule has 3 fully saturated rings. The summed E-state index contributed by atoms with van der Waals surface area (Å²) in [6.45, 7) is 0. The van der Waals surface area contributed by atoms with E-state index in [0.29, 0.717) is 18.2 Å². The minimum absolute atomic E-state index is 0.207. The third-order valence-corrected chi connectivity index (χ3v) is 2.53. The average Bonchev–Trinajstić information content (AvgIpc) is 2.46. The van der Waals surface area contributed by atoms with Crippen LogP contribution in [0, 0.1) is 5.92 Å². The van der Waals surface area contributed by atoms with Gasteiger partial charge in [0.05, 0.1) is 18.1 Å². The Morgan fingerprint density at radius 2 is 2.44 bits per heavy atom. The van der Waals surface area contributed by atoms with Gasteiger partial charge in [0.15, 0.2) is 0 Å². The fourth-order valence-corrected chi connectivity index (χ4v) is 2.01. The predicted octanol–water partition coefficient (Wildman–Crippen LogP) is -0.728. The van der Waals surface area contributed by atoms with Gasteiger partial charge in [0.1, 0.15) is 6.10 Å². The van der Waals surface area contributed by atoms with E-state index in [9.17, 15) is 4.79 Å². The molecule has 3 rings (SSSR count). The van der Waals surface area contributed by atoms with Crippen molar-refractivity contribution in [3.8, 4) is 0 Å². The Morgan fingerprint density at radius 1 is 1.56 bits per heavy atom. The predicted molar refractivity (Wildman–Crippen MR) is 28.7 cm³/mol. The van der Waals surface area contributed by atoms with Crippen molar-refractivity contribution in [2.24, 2.45) is 5.92 Å². The van der Waals surface area contributed by atoms with Crippen molar-refractivity contribution in [2.75, 3.05) is 0 Å². The maximum Gasteiger partial charge on any atom is 0.226 e. The smallest absolute Gasteiger partial charge is 0.226 e. The average molecular weight is 125 g/mol. The molecule has 2 bridgehead atoms. The van der Waals surface area contributed by atoms with Crippen molar-refractivity contribution in [1.82, 2.24) is 5.32 Å². The molecule has 0 aromatic carbocycles. The number of hydrogen-bond donors (Lipinski definition) is 1. The van der Waals surface area contributed by atoms with E-state index in [1.165, 1.54) is 0 Å². The van der Waals surface area contributed by atoms with Crippen LogP contribution in [0.5, 0.6) is 0 Å². The van der Waals surface area contributed by atoms with Gasteiger partial charge in [0.25, 0.3) is 0 Å². The zero-order valence-electron chi connectivity index (χ0n) is 4.83. The highest BCUT2D eigenvalue weighted by molar-refractivity contribution is 5.84. The van der Waals surface area contributed by atoms with Gasteiger partial charge < -0.3 is 10.1 Å². The third-order valence-electron chi connectivity index (χ3n) is 2.53. The van der Waals surface area contributed by atoms with Crippen molar-refractivity contribution >= 4 is 5.91 Å². The van der Waals surface area contributed by atoms with Gasteiger partial charge in [-0.3, -0.25) is 4.79 Å². The fourth-order valence-electron chi connectivity index (χ4n) is 2.01. The number of nitrogens with one attached hydrogen (secondary N) is 1. The summed E-state index contributed by atoms with van der Waals surface area (Å²) in [5.41, 5.74) is 0. The summed E-state index contributed by atoms with van der Waals surface area (Å²) in [4.78, 5) is 10.9. The topological polar surface area (TPSA) is 41.6 Å². The normalized spacial score (nSPS) is 59.3. The van der Waals surface area contributed by atoms with E-state index in [1.54, 1.807) is 0 Å². The van der Waals surface area contributed by atoms with Gasteiger partial charge in [-0.25, -0.2) is 0 Å². The van der Waals surface area contributed by atoms with E-state index in [4.69, 9.17) is 4.74 Å². The van der Waals surface area contributed by atoms with E-state index in [2.05, 4.69) is 5.32 Å². The monoisotopic (exact) mass is 125 g/mol. The Hall–Kier alpha value is -0.570. The third kappa shape index (κ3) is 0.339. The Morgan fingerprint density at radius 3 is 3.00 bits per heavy atom. The SMILES string of the molecule is O=C1N[C@@H]2C[C@H]1[C@@H]1O[C@@H]12. The number of piperidine rings is 1. The van der Waals surface area contributed by atoms with Crippen molar-refractivity contribution in [3.63, 3.8) is 0 Å². The molecule has 1 amide bonds. The van der Waals surface area contributed by atoms with Gasteiger partial charge in [0, 0.05) is 0 Å². The van der Waals surface area contributed by atoms with E-state index in [-0.39, 0.29) is 11.8 Å². The largest absolute Gasteiger partial charge is 0.366 e. The number of epoxide rings is 1. The van der Waals surface area contributed by atoms with E-state index in [1.807, 2.05) is 0 Å². The maximum atomic E-state index is 10.9. The minimum Gasteiger partial charge on any atom is -0.366 e. The summed E-state index contributed by atoms with van der Waals surface area (Å²) in [7, 11) is 0. The lowest BCUT2D eigenvalue weighted by atomic mass is 10.1. The van der Waals surface area contributed by atoms with Crippen molar-refractivity contribution in [1.29, 1.82) is 0 Å². The zero-order valence-corrected chi connectivity index (χ0v) is 4.83. The molecule has 1 aliphatic carbocycles. The van der Waals surface area contributed by atoms with Crippen LogP contribution in [-0.4, -0.2) is 24.2 Å². The Bertz CT molecular complexity index is 191. The molecule has 2 aliphatic heterocycles. The molecule has 0 radical (unpaired) electrons. The molecule has 0 aromatic heterocycles. The molecular weight excluding hydrogens is 118 g/mol. The number of carbonyl (C=O) groups excluding carboxylic acids is 1. The van der Waals surface area contributed by atoms with Gasteiger partial charge in [0.2, 0.25) is 5.91 Å². The van der Waals surface area contributed by atoms with Crippen LogP contribution in [0.25, 0.3) is 0 Å². The van der Waals surface area contributed by atoms with Crippen molar-refractivity contribution in [2.45, 2.75) is 24.7 Å². The summed E-state index contributed by atoms with van der Waals surface area (Å²) in [5, 5.41) is 2.88. The maximum absolute atomic E-state index is 10.9. The molecule has 3 nitrogen and oxygen atoms in total. The first-order valence-electron chi connectivity index (χ1n) is 3.32. The first-order chi connectivity index (χ1) is 4.36. The second-order valence-electron chi connectivity index (χ2n) is 3.02. The Kier molecular flexibility index (Phi) is 0.481. The van der Waals surface area contributed by atoms with Crippen LogP contribution in [0.15, 0.2) is 0 Å². The zero-order chi connectivity index (χ0) is 6.01. The second-order valence-corrected chi connectivity index (χ2v) is 3.02. The molecule has 2 heterocycles. The van der Waals surface area contributed by atoms with E-state index >= 15 is 0 Å². The highest BCUT2D eigenvalue weighted by atomic mass is 16.6.